The summed E-state index contributed by atoms with van der Waals surface area (Å²) in [5, 5.41) is 0.495. The molecule has 65 heavy (non-hydrogen) atoms. The second kappa shape index (κ2) is 19.4. The lowest BCUT2D eigenvalue weighted by molar-refractivity contribution is -0.157. The lowest BCUT2D eigenvalue weighted by Gasteiger charge is -2.37. The van der Waals surface area contributed by atoms with Gasteiger partial charge in [-0.15, -0.1) is 0 Å². The molecule has 0 bridgehead atoms. The highest BCUT2D eigenvalue weighted by atomic mass is 35.5. The molecule has 334 valence electrons. The van der Waals surface area contributed by atoms with Gasteiger partial charge in [0.15, 0.2) is 5.75 Å². The minimum Gasteiger partial charge on any atom is -0.497 e. The first-order valence-corrected chi connectivity index (χ1v) is 21.8. The van der Waals surface area contributed by atoms with Gasteiger partial charge in [0.25, 0.3) is 5.56 Å². The molecule has 1 saturated heterocycles. The van der Waals surface area contributed by atoms with Gasteiger partial charge >= 0.3 is 17.6 Å². The molecule has 0 unspecified atom stereocenters. The molecule has 7 aromatic rings. The van der Waals surface area contributed by atoms with Crippen molar-refractivity contribution in [2.75, 3.05) is 20.8 Å². The number of nitrogens with one attached hydrogen (secondary N) is 1. The topological polar surface area (TPSA) is 157 Å². The summed E-state index contributed by atoms with van der Waals surface area (Å²) in [5.74, 6) is -0.760. The van der Waals surface area contributed by atoms with Crippen molar-refractivity contribution >= 4 is 91.7 Å². The molecule has 0 radical (unpaired) electrons. The molecule has 18 heteroatoms. The number of hydrogen-bond donors (Lipinski definition) is 1. The molecule has 0 aliphatic carbocycles. The number of nitrogens with zero attached hydrogens (tertiary/aromatic N) is 2. The fourth-order valence-electron chi connectivity index (χ4n) is 7.76. The van der Waals surface area contributed by atoms with Crippen molar-refractivity contribution in [2.45, 2.75) is 43.3 Å². The van der Waals surface area contributed by atoms with Crippen molar-refractivity contribution in [1.82, 2.24) is 14.5 Å². The van der Waals surface area contributed by atoms with Crippen molar-refractivity contribution in [2.24, 2.45) is 0 Å². The summed E-state index contributed by atoms with van der Waals surface area (Å²) in [7, 11) is 3.15. The Labute approximate surface area is 395 Å². The number of carbonyl (C=O) groups is 2. The van der Waals surface area contributed by atoms with Gasteiger partial charge in [-0.05, 0) is 52.4 Å². The number of rotatable bonds is 14. The molecule has 3 heterocycles. The Morgan fingerprint density at radius 2 is 1.25 bits per heavy atom. The SMILES string of the molecule is COc1ccc(C(OC[C@H]2O[C@@H](n3cc4c(nc3=O)[nH]c(=O)c3ccccc34)C[C@@H]2OC(=O)CCC(=O)Oc2c(Cl)c(Cl)c(Cl)c(Cl)c2Cl)(c2ccccc2)c2ccc(OC)cc2)cc1. The van der Waals surface area contributed by atoms with Gasteiger partial charge in [-0.1, -0.05) is 131 Å². The van der Waals surface area contributed by atoms with E-state index in [2.05, 4.69) is 9.97 Å². The number of fused-ring (bicyclic) bond motifs is 3. The Morgan fingerprint density at radius 1 is 0.708 bits per heavy atom. The van der Waals surface area contributed by atoms with E-state index in [0.717, 1.165) is 16.7 Å². The minimum atomic E-state index is -1.29. The highest BCUT2D eigenvalue weighted by Crippen LogP contribution is 2.48. The van der Waals surface area contributed by atoms with E-state index in [-0.39, 0.29) is 49.5 Å². The maximum Gasteiger partial charge on any atom is 0.351 e. The second-order valence-electron chi connectivity index (χ2n) is 14.8. The van der Waals surface area contributed by atoms with E-state index in [4.69, 9.17) is 86.4 Å². The van der Waals surface area contributed by atoms with E-state index in [1.807, 2.05) is 78.9 Å². The minimum absolute atomic E-state index is 0.0327. The first-order valence-electron chi connectivity index (χ1n) is 19.9. The standard InChI is InChI=1S/C47H36Cl5N3O10/c1-60-28-16-12-26(13-17-28)47(25-8-4-3-5-9-25,27-14-18-29(61-2)19-15-27)62-24-34-33(64-36(56)20-21-37(57)65-43-41(51)39(49)38(48)40(50)42(43)52)22-35(63-34)55-23-32-30-10-6-7-11-31(30)45(58)53-44(32)54-46(55)59/h3-19,23,33-35H,20-22,24H2,1-2H3,(H,53,54,58,59)/t33-,34+,35+/m0/s1. The number of carbonyl (C=O) groups excluding carboxylic acids is 2. The Bertz CT molecular complexity index is 2960. The smallest absolute Gasteiger partial charge is 0.351 e. The van der Waals surface area contributed by atoms with Crippen LogP contribution in [0.4, 0.5) is 0 Å². The van der Waals surface area contributed by atoms with E-state index < -0.39 is 60.1 Å². The molecule has 2 aromatic heterocycles. The van der Waals surface area contributed by atoms with Gasteiger partial charge < -0.3 is 33.4 Å². The van der Waals surface area contributed by atoms with Gasteiger partial charge in [0.1, 0.15) is 51.2 Å². The number of aromatic nitrogens is 3. The fourth-order valence-corrected chi connectivity index (χ4v) is 8.95. The van der Waals surface area contributed by atoms with Crippen LogP contribution in [0.1, 0.15) is 42.2 Å². The number of esters is 2. The van der Waals surface area contributed by atoms with Gasteiger partial charge in [0.05, 0.1) is 48.7 Å². The maximum atomic E-state index is 13.7. The lowest BCUT2D eigenvalue weighted by atomic mass is 9.80. The summed E-state index contributed by atoms with van der Waals surface area (Å²) in [5.41, 5.74) is -0.0904. The number of benzene rings is 5. The first-order chi connectivity index (χ1) is 31.3. The van der Waals surface area contributed by atoms with Crippen LogP contribution < -0.4 is 25.5 Å². The van der Waals surface area contributed by atoms with E-state index in [0.29, 0.717) is 27.7 Å². The number of pyridine rings is 1. The zero-order valence-electron chi connectivity index (χ0n) is 34.3. The fraction of sp³-hybridized carbons (Fsp3) is 0.213. The Balaban J connectivity index is 1.14. The summed E-state index contributed by atoms with van der Waals surface area (Å²) in [6.07, 6.45) is -2.45. The van der Waals surface area contributed by atoms with Crippen LogP contribution in [0, 0.1) is 0 Å². The van der Waals surface area contributed by atoms with Gasteiger partial charge in [-0.25, -0.2) is 4.79 Å². The third kappa shape index (κ3) is 9.15. The molecular formula is C47H36Cl5N3O10. The van der Waals surface area contributed by atoms with E-state index in [9.17, 15) is 19.2 Å². The van der Waals surface area contributed by atoms with Crippen molar-refractivity contribution in [3.05, 3.63) is 172 Å². The number of hydrogen-bond acceptors (Lipinski definition) is 11. The quantitative estimate of drug-likeness (QED) is 0.0276. The van der Waals surface area contributed by atoms with Gasteiger partial charge in [-0.3, -0.25) is 19.0 Å². The second-order valence-corrected chi connectivity index (χ2v) is 16.7. The van der Waals surface area contributed by atoms with Gasteiger partial charge in [0, 0.05) is 23.4 Å². The number of methoxy groups -OCH3 is 2. The molecule has 3 atom stereocenters. The zero-order valence-corrected chi connectivity index (χ0v) is 38.1. The third-order valence-electron chi connectivity index (χ3n) is 11.0. The van der Waals surface area contributed by atoms with Gasteiger partial charge in [-0.2, -0.15) is 4.98 Å². The van der Waals surface area contributed by atoms with Crippen LogP contribution in [0.25, 0.3) is 21.8 Å². The van der Waals surface area contributed by atoms with Crippen molar-refractivity contribution < 1.29 is 38.0 Å². The highest BCUT2D eigenvalue weighted by Gasteiger charge is 2.44. The van der Waals surface area contributed by atoms with Crippen molar-refractivity contribution in [3.63, 3.8) is 0 Å². The van der Waals surface area contributed by atoms with Crippen LogP contribution in [0.15, 0.2) is 119 Å². The molecule has 13 nitrogen and oxygen atoms in total. The predicted octanol–water partition coefficient (Wildman–Crippen LogP) is 10.1. The number of halogens is 5. The number of H-pyrrole nitrogens is 1. The third-order valence-corrected chi connectivity index (χ3v) is 13.2. The average Bonchev–Trinajstić information content (AvgIpc) is 3.73. The highest BCUT2D eigenvalue weighted by molar-refractivity contribution is 6.55. The monoisotopic (exact) mass is 977 g/mol. The molecule has 0 spiro atoms. The lowest BCUT2D eigenvalue weighted by Crippen LogP contribution is -2.39. The normalized spacial score (nSPS) is 16.1. The summed E-state index contributed by atoms with van der Waals surface area (Å²) < 4.78 is 37.4. The summed E-state index contributed by atoms with van der Waals surface area (Å²) in [6.45, 7) is -0.190. The summed E-state index contributed by atoms with van der Waals surface area (Å²) in [6, 6.07) is 31.4. The summed E-state index contributed by atoms with van der Waals surface area (Å²) in [4.78, 5) is 60.1. The van der Waals surface area contributed by atoms with Gasteiger partial charge in [0.2, 0.25) is 0 Å². The molecule has 0 amide bonds. The molecule has 1 N–H and O–H groups in total. The maximum absolute atomic E-state index is 13.7. The van der Waals surface area contributed by atoms with Crippen LogP contribution in [0.5, 0.6) is 17.2 Å². The van der Waals surface area contributed by atoms with Crippen LogP contribution in [0.3, 0.4) is 0 Å². The molecule has 1 fully saturated rings. The van der Waals surface area contributed by atoms with E-state index >= 15 is 0 Å². The largest absolute Gasteiger partial charge is 0.497 e. The van der Waals surface area contributed by atoms with Crippen molar-refractivity contribution in [3.8, 4) is 17.2 Å². The predicted molar refractivity (Wildman–Crippen MR) is 247 cm³/mol. The summed E-state index contributed by atoms with van der Waals surface area (Å²) >= 11 is 30.9. The molecule has 0 saturated carbocycles. The van der Waals surface area contributed by atoms with E-state index in [1.165, 1.54) is 4.57 Å². The van der Waals surface area contributed by atoms with Crippen LogP contribution in [-0.4, -0.2) is 59.5 Å². The Morgan fingerprint density at radius 3 is 1.85 bits per heavy atom. The Hall–Kier alpha value is -5.64. The molecular weight excluding hydrogens is 944 g/mol. The molecule has 8 rings (SSSR count). The molecule has 1 aliphatic heterocycles. The average molecular weight is 980 g/mol. The molecule has 1 aliphatic rings. The number of aromatic amines is 1. The van der Waals surface area contributed by atoms with Crippen LogP contribution in [0.2, 0.25) is 25.1 Å². The zero-order chi connectivity index (χ0) is 46.0. The molecule has 5 aromatic carbocycles. The van der Waals surface area contributed by atoms with Crippen LogP contribution in [-0.2, 0) is 29.4 Å². The van der Waals surface area contributed by atoms with Crippen molar-refractivity contribution in [1.29, 1.82) is 0 Å². The number of ether oxygens (including phenoxy) is 6. The Kier molecular flexibility index (Phi) is 13.7. The van der Waals surface area contributed by atoms with Crippen LogP contribution >= 0.6 is 58.0 Å². The first kappa shape index (κ1) is 45.9. The van der Waals surface area contributed by atoms with E-state index in [1.54, 1.807) is 44.7 Å².